The minimum Gasteiger partial charge on any atom is -0.426 e. The molecule has 1 atom stereocenters. The minimum atomic E-state index is -0.540. The van der Waals surface area contributed by atoms with Crippen LogP contribution in [-0.4, -0.2) is 43.2 Å². The Labute approximate surface area is 217 Å². The van der Waals surface area contributed by atoms with Crippen LogP contribution in [-0.2, 0) is 11.2 Å². The van der Waals surface area contributed by atoms with E-state index >= 15 is 0 Å². The summed E-state index contributed by atoms with van der Waals surface area (Å²) in [5.74, 6) is 0.386. The third kappa shape index (κ3) is 6.53. The molecule has 0 radical (unpaired) electrons. The number of nitrogens with zero attached hydrogens (tertiary/aromatic N) is 1. The zero-order valence-electron chi connectivity index (χ0n) is 21.0. The van der Waals surface area contributed by atoms with Gasteiger partial charge in [-0.25, -0.2) is 0 Å². The van der Waals surface area contributed by atoms with Crippen LogP contribution in [0.1, 0.15) is 63.1 Å². The number of alkyl halides is 1. The lowest BCUT2D eigenvalue weighted by Gasteiger charge is -2.19. The van der Waals surface area contributed by atoms with Crippen molar-refractivity contribution in [3.8, 4) is 5.75 Å². The van der Waals surface area contributed by atoms with Crippen molar-refractivity contribution in [2.75, 3.05) is 31.6 Å². The molecule has 1 saturated heterocycles. The summed E-state index contributed by atoms with van der Waals surface area (Å²) in [6.45, 7) is 8.19. The molecule has 1 aliphatic carbocycles. The lowest BCUT2D eigenvalue weighted by atomic mass is 9.93. The van der Waals surface area contributed by atoms with Crippen LogP contribution in [0.5, 0.6) is 5.75 Å². The number of allylic oxidation sites excluding steroid dienone is 1. The molecule has 6 heteroatoms. The van der Waals surface area contributed by atoms with E-state index in [9.17, 15) is 9.18 Å². The Morgan fingerprint density at radius 1 is 1.17 bits per heavy atom. The number of carbonyl (C=O) groups excluding carboxylic acids is 1. The van der Waals surface area contributed by atoms with Crippen molar-refractivity contribution in [3.63, 3.8) is 0 Å². The largest absolute Gasteiger partial charge is 0.426 e. The van der Waals surface area contributed by atoms with Crippen molar-refractivity contribution in [2.45, 2.75) is 58.9 Å². The van der Waals surface area contributed by atoms with E-state index in [4.69, 9.17) is 4.74 Å². The fraction of sp³-hybridized carbons (Fsp3) is 0.483. The van der Waals surface area contributed by atoms with E-state index in [1.807, 2.05) is 32.9 Å². The molecule has 1 heterocycles. The first-order valence-corrected chi connectivity index (χ1v) is 13.4. The highest BCUT2D eigenvalue weighted by Gasteiger charge is 2.25. The molecule has 0 bridgehead atoms. The first-order valence-electron chi connectivity index (χ1n) is 12.6. The molecule has 1 fully saturated rings. The molecule has 1 N–H and O–H groups in total. The van der Waals surface area contributed by atoms with E-state index in [1.54, 1.807) is 0 Å². The monoisotopic (exact) mass is 542 g/mol. The van der Waals surface area contributed by atoms with Gasteiger partial charge in [0.15, 0.2) is 0 Å². The topological polar surface area (TPSA) is 41.6 Å². The van der Waals surface area contributed by atoms with Crippen molar-refractivity contribution >= 4 is 33.2 Å². The van der Waals surface area contributed by atoms with Gasteiger partial charge in [0.25, 0.3) is 0 Å². The zero-order valence-corrected chi connectivity index (χ0v) is 22.6. The highest BCUT2D eigenvalue weighted by Crippen LogP contribution is 2.39. The molecule has 4 nitrogen and oxygen atoms in total. The van der Waals surface area contributed by atoms with Gasteiger partial charge in [0.05, 0.1) is 12.1 Å². The first kappa shape index (κ1) is 25.9. The van der Waals surface area contributed by atoms with Gasteiger partial charge in [0.2, 0.25) is 0 Å². The fourth-order valence-corrected chi connectivity index (χ4v) is 5.49. The Bertz CT molecular complexity index is 1080. The Balaban J connectivity index is 1.50. The number of aryl methyl sites for hydroxylation is 1. The number of carbonyl (C=O) groups is 1. The number of likely N-dealkylation sites (tertiary alicyclic amines) is 1. The van der Waals surface area contributed by atoms with E-state index in [2.05, 4.69) is 56.5 Å². The standard InChI is InChI=1S/C29H36BrFN2O2/c1-29(2,3)28(34)35-24-12-13-25-21(18-24)6-4-7-26(30)27(25)20-8-10-22(11-9-20)32-23-14-17-33(19-23)16-5-15-31/h8-13,18,23,32H,4-7,14-17,19H2,1-3H3. The second kappa shape index (κ2) is 11.3. The van der Waals surface area contributed by atoms with Crippen molar-refractivity contribution in [2.24, 2.45) is 5.41 Å². The molecule has 0 saturated carbocycles. The number of rotatable bonds is 7. The van der Waals surface area contributed by atoms with Gasteiger partial charge in [-0.15, -0.1) is 0 Å². The summed E-state index contributed by atoms with van der Waals surface area (Å²) < 4.78 is 19.3. The first-order chi connectivity index (χ1) is 16.7. The lowest BCUT2D eigenvalue weighted by molar-refractivity contribution is -0.143. The number of nitrogens with one attached hydrogen (secondary N) is 1. The van der Waals surface area contributed by atoms with E-state index in [0.29, 0.717) is 18.2 Å². The molecule has 0 spiro atoms. The number of hydrogen-bond acceptors (Lipinski definition) is 4. The normalized spacial score (nSPS) is 18.8. The van der Waals surface area contributed by atoms with E-state index in [0.717, 1.165) is 51.0 Å². The number of anilines is 1. The number of esters is 1. The van der Waals surface area contributed by atoms with E-state index in [-0.39, 0.29) is 12.6 Å². The average Bonchev–Trinajstić information content (AvgIpc) is 3.19. The van der Waals surface area contributed by atoms with Crippen LogP contribution in [0.15, 0.2) is 46.9 Å². The second-order valence-electron chi connectivity index (χ2n) is 10.6. The Kier molecular flexibility index (Phi) is 8.33. The van der Waals surface area contributed by atoms with Crippen molar-refractivity contribution < 1.29 is 13.9 Å². The van der Waals surface area contributed by atoms with Crippen LogP contribution in [0.25, 0.3) is 5.57 Å². The van der Waals surface area contributed by atoms with Crippen molar-refractivity contribution in [1.29, 1.82) is 0 Å². The van der Waals surface area contributed by atoms with Gasteiger partial charge in [-0.3, -0.25) is 9.18 Å². The SMILES string of the molecule is CC(C)(C)C(=O)Oc1ccc2c(c1)CCCC(Br)=C2c1ccc(NC2CCN(CCCF)C2)cc1. The second-order valence-corrected chi connectivity index (χ2v) is 11.6. The molecule has 188 valence electrons. The quantitative estimate of drug-likeness (QED) is 0.303. The van der Waals surface area contributed by atoms with Gasteiger partial charge in [-0.2, -0.15) is 0 Å². The van der Waals surface area contributed by atoms with Crippen molar-refractivity contribution in [1.82, 2.24) is 4.90 Å². The molecule has 4 rings (SSSR count). The van der Waals surface area contributed by atoms with Crippen LogP contribution >= 0.6 is 15.9 Å². The third-order valence-electron chi connectivity index (χ3n) is 6.71. The van der Waals surface area contributed by atoms with Crippen LogP contribution < -0.4 is 10.1 Å². The predicted octanol–water partition coefficient (Wildman–Crippen LogP) is 6.97. The van der Waals surface area contributed by atoms with Crippen LogP contribution in [0.4, 0.5) is 10.1 Å². The molecular formula is C29H36BrFN2O2. The maximum atomic E-state index is 12.5. The predicted molar refractivity (Wildman–Crippen MR) is 145 cm³/mol. The maximum Gasteiger partial charge on any atom is 0.316 e. The minimum absolute atomic E-state index is 0.223. The summed E-state index contributed by atoms with van der Waals surface area (Å²) in [5.41, 5.74) is 5.33. The number of fused-ring (bicyclic) bond motifs is 1. The molecule has 2 aliphatic rings. The third-order valence-corrected chi connectivity index (χ3v) is 7.50. The highest BCUT2D eigenvalue weighted by atomic mass is 79.9. The molecule has 2 aromatic rings. The van der Waals surface area contributed by atoms with Gasteiger partial charge < -0.3 is 15.0 Å². The summed E-state index contributed by atoms with van der Waals surface area (Å²) >= 11 is 3.86. The molecule has 1 aliphatic heterocycles. The van der Waals surface area contributed by atoms with Crippen molar-refractivity contribution in [3.05, 3.63) is 63.6 Å². The maximum absolute atomic E-state index is 12.5. The van der Waals surface area contributed by atoms with Crippen LogP contribution in [0.2, 0.25) is 0 Å². The van der Waals surface area contributed by atoms with Gasteiger partial charge in [0, 0.05) is 35.8 Å². The number of benzene rings is 2. The van der Waals surface area contributed by atoms with Crippen LogP contribution in [0, 0.1) is 5.41 Å². The highest BCUT2D eigenvalue weighted by molar-refractivity contribution is 9.11. The van der Waals surface area contributed by atoms with E-state index in [1.165, 1.54) is 26.7 Å². The molecule has 0 amide bonds. The Morgan fingerprint density at radius 3 is 2.66 bits per heavy atom. The summed E-state index contributed by atoms with van der Waals surface area (Å²) in [7, 11) is 0. The molecule has 1 unspecified atom stereocenters. The molecule has 2 aromatic carbocycles. The van der Waals surface area contributed by atoms with Gasteiger partial charge in [-0.1, -0.05) is 34.1 Å². The average molecular weight is 544 g/mol. The Hall–Kier alpha value is -2.18. The summed E-state index contributed by atoms with van der Waals surface area (Å²) in [5, 5.41) is 3.65. The summed E-state index contributed by atoms with van der Waals surface area (Å²) in [6.07, 6.45) is 4.65. The van der Waals surface area contributed by atoms with E-state index < -0.39 is 5.41 Å². The fourth-order valence-electron chi connectivity index (χ4n) is 4.77. The van der Waals surface area contributed by atoms with Gasteiger partial charge in [-0.05, 0) is 99.4 Å². The van der Waals surface area contributed by atoms with Gasteiger partial charge in [0.1, 0.15) is 5.75 Å². The molecule has 35 heavy (non-hydrogen) atoms. The van der Waals surface area contributed by atoms with Gasteiger partial charge >= 0.3 is 5.97 Å². The van der Waals surface area contributed by atoms with Crippen LogP contribution in [0.3, 0.4) is 0 Å². The Morgan fingerprint density at radius 2 is 1.94 bits per heavy atom. The molecular weight excluding hydrogens is 507 g/mol. The molecule has 0 aromatic heterocycles. The number of hydrogen-bond donors (Lipinski definition) is 1. The number of ether oxygens (including phenoxy) is 1. The number of halogens is 2. The summed E-state index contributed by atoms with van der Waals surface area (Å²) in [4.78, 5) is 14.7. The smallest absolute Gasteiger partial charge is 0.316 e. The zero-order chi connectivity index (χ0) is 25.0. The lowest BCUT2D eigenvalue weighted by Crippen LogP contribution is -2.27. The summed E-state index contributed by atoms with van der Waals surface area (Å²) in [6, 6.07) is 15.1.